The van der Waals surface area contributed by atoms with Crippen LogP contribution in [0.2, 0.25) is 0 Å². The number of benzene rings is 1. The second-order valence-corrected chi connectivity index (χ2v) is 6.28. The molecule has 104 valence electrons. The first-order valence-corrected chi connectivity index (χ1v) is 8.07. The number of piperidine rings is 1. The summed E-state index contributed by atoms with van der Waals surface area (Å²) in [7, 11) is 0. The standard InChI is InChI=1S/C17H19NOS/c1-13-7-3-4-8-15(13)16-11-14(12-20-16)17(19)18-9-5-2-6-10-18/h3-4,7-8,11-12H,2,5-6,9-10H2,1H3. The van der Waals surface area contributed by atoms with E-state index in [1.807, 2.05) is 28.5 Å². The van der Waals surface area contributed by atoms with Gasteiger partial charge >= 0.3 is 0 Å². The van der Waals surface area contributed by atoms with Gasteiger partial charge < -0.3 is 4.90 Å². The fraction of sp³-hybridized carbons (Fsp3) is 0.353. The van der Waals surface area contributed by atoms with Crippen molar-refractivity contribution in [2.75, 3.05) is 13.1 Å². The predicted molar refractivity (Wildman–Crippen MR) is 84.2 cm³/mol. The molecule has 3 heteroatoms. The molecule has 1 aromatic carbocycles. The zero-order chi connectivity index (χ0) is 13.9. The van der Waals surface area contributed by atoms with E-state index < -0.39 is 0 Å². The minimum Gasteiger partial charge on any atom is -0.339 e. The molecule has 0 radical (unpaired) electrons. The van der Waals surface area contributed by atoms with Crippen molar-refractivity contribution < 1.29 is 4.79 Å². The molecule has 2 nitrogen and oxygen atoms in total. The van der Waals surface area contributed by atoms with Gasteiger partial charge in [-0.3, -0.25) is 4.79 Å². The van der Waals surface area contributed by atoms with Gasteiger partial charge in [-0.1, -0.05) is 24.3 Å². The summed E-state index contributed by atoms with van der Waals surface area (Å²) in [6.07, 6.45) is 3.53. The summed E-state index contributed by atoms with van der Waals surface area (Å²) < 4.78 is 0. The highest BCUT2D eigenvalue weighted by Crippen LogP contribution is 2.30. The molecule has 1 aliphatic heterocycles. The first-order valence-electron chi connectivity index (χ1n) is 7.19. The second kappa shape index (κ2) is 5.80. The molecule has 2 aromatic rings. The van der Waals surface area contributed by atoms with Crippen LogP contribution >= 0.6 is 11.3 Å². The average Bonchev–Trinajstić information content (AvgIpc) is 2.97. The Morgan fingerprint density at radius 2 is 1.90 bits per heavy atom. The van der Waals surface area contributed by atoms with Crippen LogP contribution in [-0.4, -0.2) is 23.9 Å². The van der Waals surface area contributed by atoms with E-state index in [1.165, 1.54) is 22.4 Å². The molecular weight excluding hydrogens is 266 g/mol. The minimum absolute atomic E-state index is 0.195. The van der Waals surface area contributed by atoms with E-state index in [9.17, 15) is 4.79 Å². The lowest BCUT2D eigenvalue weighted by molar-refractivity contribution is 0.0725. The number of likely N-dealkylation sites (tertiary alicyclic amines) is 1. The molecule has 2 heterocycles. The largest absolute Gasteiger partial charge is 0.339 e. The Hall–Kier alpha value is -1.61. The van der Waals surface area contributed by atoms with E-state index in [0.29, 0.717) is 0 Å². The number of carbonyl (C=O) groups is 1. The Labute approximate surface area is 124 Å². The van der Waals surface area contributed by atoms with Crippen molar-refractivity contribution in [2.24, 2.45) is 0 Å². The van der Waals surface area contributed by atoms with Gasteiger partial charge in [0.1, 0.15) is 0 Å². The van der Waals surface area contributed by atoms with Crippen LogP contribution in [0.4, 0.5) is 0 Å². The number of thiophene rings is 1. The lowest BCUT2D eigenvalue weighted by Crippen LogP contribution is -2.35. The van der Waals surface area contributed by atoms with Crippen LogP contribution in [0.25, 0.3) is 10.4 Å². The molecule has 1 aliphatic rings. The number of rotatable bonds is 2. The summed E-state index contributed by atoms with van der Waals surface area (Å²) in [5, 5.41) is 2.00. The fourth-order valence-electron chi connectivity index (χ4n) is 2.72. The molecule has 0 N–H and O–H groups in total. The van der Waals surface area contributed by atoms with Gasteiger partial charge in [-0.15, -0.1) is 11.3 Å². The zero-order valence-corrected chi connectivity index (χ0v) is 12.6. The minimum atomic E-state index is 0.195. The van der Waals surface area contributed by atoms with E-state index in [1.54, 1.807) is 11.3 Å². The number of hydrogen-bond donors (Lipinski definition) is 0. The normalized spacial score (nSPS) is 15.3. The Morgan fingerprint density at radius 1 is 1.15 bits per heavy atom. The van der Waals surface area contributed by atoms with Gasteiger partial charge in [-0.2, -0.15) is 0 Å². The van der Waals surface area contributed by atoms with Crippen molar-refractivity contribution in [3.05, 3.63) is 46.8 Å². The zero-order valence-electron chi connectivity index (χ0n) is 11.8. The lowest BCUT2D eigenvalue weighted by Gasteiger charge is -2.26. The van der Waals surface area contributed by atoms with Crippen molar-refractivity contribution in [2.45, 2.75) is 26.2 Å². The summed E-state index contributed by atoms with van der Waals surface area (Å²) in [5.41, 5.74) is 3.33. The molecule has 0 bridgehead atoms. The molecule has 1 saturated heterocycles. The van der Waals surface area contributed by atoms with E-state index in [2.05, 4.69) is 19.1 Å². The quantitative estimate of drug-likeness (QED) is 0.803. The summed E-state index contributed by atoms with van der Waals surface area (Å²) in [4.78, 5) is 15.6. The first-order chi connectivity index (χ1) is 9.75. The lowest BCUT2D eigenvalue weighted by atomic mass is 10.1. The third kappa shape index (κ3) is 2.63. The number of aryl methyl sites for hydroxylation is 1. The van der Waals surface area contributed by atoms with Crippen LogP contribution < -0.4 is 0 Å². The molecule has 0 saturated carbocycles. The number of hydrogen-bond acceptors (Lipinski definition) is 2. The molecule has 3 rings (SSSR count). The summed E-state index contributed by atoms with van der Waals surface area (Å²) in [6.45, 7) is 3.93. The van der Waals surface area contributed by atoms with Crippen LogP contribution in [0.3, 0.4) is 0 Å². The number of nitrogens with zero attached hydrogens (tertiary/aromatic N) is 1. The van der Waals surface area contributed by atoms with Gasteiger partial charge in [0, 0.05) is 23.3 Å². The highest BCUT2D eigenvalue weighted by molar-refractivity contribution is 7.13. The number of carbonyl (C=O) groups excluding carboxylic acids is 1. The van der Waals surface area contributed by atoms with E-state index >= 15 is 0 Å². The molecule has 1 aromatic heterocycles. The van der Waals surface area contributed by atoms with Crippen molar-refractivity contribution in [3.8, 4) is 10.4 Å². The van der Waals surface area contributed by atoms with Crippen LogP contribution in [0, 0.1) is 6.92 Å². The topological polar surface area (TPSA) is 20.3 Å². The highest BCUT2D eigenvalue weighted by atomic mass is 32.1. The maximum absolute atomic E-state index is 12.5. The Morgan fingerprint density at radius 3 is 2.65 bits per heavy atom. The Balaban J connectivity index is 1.83. The van der Waals surface area contributed by atoms with Crippen molar-refractivity contribution >= 4 is 17.2 Å². The van der Waals surface area contributed by atoms with Gasteiger partial charge in [0.15, 0.2) is 0 Å². The van der Waals surface area contributed by atoms with Gasteiger partial charge in [0.2, 0.25) is 0 Å². The van der Waals surface area contributed by atoms with E-state index in [4.69, 9.17) is 0 Å². The average molecular weight is 285 g/mol. The second-order valence-electron chi connectivity index (χ2n) is 5.37. The Bertz CT molecular complexity index is 611. The maximum atomic E-state index is 12.5. The molecule has 0 unspecified atom stereocenters. The van der Waals surface area contributed by atoms with E-state index in [-0.39, 0.29) is 5.91 Å². The maximum Gasteiger partial charge on any atom is 0.254 e. The van der Waals surface area contributed by atoms with Gasteiger partial charge in [-0.25, -0.2) is 0 Å². The van der Waals surface area contributed by atoms with Crippen LogP contribution in [-0.2, 0) is 0 Å². The van der Waals surface area contributed by atoms with Gasteiger partial charge in [0.25, 0.3) is 5.91 Å². The SMILES string of the molecule is Cc1ccccc1-c1cc(C(=O)N2CCCCC2)cs1. The first kappa shape index (κ1) is 13.4. The fourth-order valence-corrected chi connectivity index (χ4v) is 3.69. The molecule has 0 spiro atoms. The van der Waals surface area contributed by atoms with E-state index in [0.717, 1.165) is 31.5 Å². The van der Waals surface area contributed by atoms with Crippen LogP contribution in [0.15, 0.2) is 35.7 Å². The monoisotopic (exact) mass is 285 g/mol. The third-order valence-electron chi connectivity index (χ3n) is 3.90. The summed E-state index contributed by atoms with van der Waals surface area (Å²) in [5.74, 6) is 0.195. The molecular formula is C17H19NOS. The molecule has 1 fully saturated rings. The van der Waals surface area contributed by atoms with Crippen molar-refractivity contribution in [3.63, 3.8) is 0 Å². The van der Waals surface area contributed by atoms with Crippen molar-refractivity contribution in [1.29, 1.82) is 0 Å². The smallest absolute Gasteiger partial charge is 0.254 e. The summed E-state index contributed by atoms with van der Waals surface area (Å²) >= 11 is 1.66. The van der Waals surface area contributed by atoms with Gasteiger partial charge in [-0.05, 0) is 43.4 Å². The summed E-state index contributed by atoms with van der Waals surface area (Å²) in [6, 6.07) is 10.4. The molecule has 1 amide bonds. The van der Waals surface area contributed by atoms with Crippen molar-refractivity contribution in [1.82, 2.24) is 4.90 Å². The third-order valence-corrected chi connectivity index (χ3v) is 4.86. The number of amides is 1. The molecule has 0 aliphatic carbocycles. The Kier molecular flexibility index (Phi) is 3.88. The molecule has 0 atom stereocenters. The van der Waals surface area contributed by atoms with Crippen LogP contribution in [0.1, 0.15) is 35.2 Å². The molecule has 20 heavy (non-hydrogen) atoms. The highest BCUT2D eigenvalue weighted by Gasteiger charge is 2.19. The van der Waals surface area contributed by atoms with Crippen LogP contribution in [0.5, 0.6) is 0 Å². The van der Waals surface area contributed by atoms with Gasteiger partial charge in [0.05, 0.1) is 5.56 Å². The predicted octanol–water partition coefficient (Wildman–Crippen LogP) is 4.35.